The van der Waals surface area contributed by atoms with Gasteiger partial charge in [-0.2, -0.15) is 0 Å². The quantitative estimate of drug-likeness (QED) is 0.903. The van der Waals surface area contributed by atoms with Crippen LogP contribution < -0.4 is 10.1 Å². The molecule has 1 saturated heterocycles. The van der Waals surface area contributed by atoms with Crippen LogP contribution in [0.3, 0.4) is 0 Å². The fourth-order valence-electron chi connectivity index (χ4n) is 3.08. The van der Waals surface area contributed by atoms with Gasteiger partial charge >= 0.3 is 0 Å². The van der Waals surface area contributed by atoms with E-state index in [2.05, 4.69) is 62.5 Å². The molecular formula is C18H21BrN2O. The van der Waals surface area contributed by atoms with E-state index in [-0.39, 0.29) is 6.04 Å². The molecule has 1 unspecified atom stereocenters. The summed E-state index contributed by atoms with van der Waals surface area (Å²) >= 11 is 3.60. The van der Waals surface area contributed by atoms with E-state index in [1.807, 2.05) is 12.1 Å². The first kappa shape index (κ1) is 15.5. The molecule has 1 N–H and O–H groups in total. The number of ether oxygens (including phenoxy) is 1. The molecular weight excluding hydrogens is 340 g/mol. The average Bonchev–Trinajstić information content (AvgIpc) is 2.57. The molecule has 1 fully saturated rings. The van der Waals surface area contributed by atoms with Crippen LogP contribution in [-0.4, -0.2) is 38.2 Å². The van der Waals surface area contributed by atoms with Crippen molar-refractivity contribution in [1.29, 1.82) is 0 Å². The minimum absolute atomic E-state index is 0.218. The number of halogens is 1. The van der Waals surface area contributed by atoms with E-state index in [0.717, 1.165) is 36.4 Å². The molecule has 3 nitrogen and oxygen atoms in total. The maximum atomic E-state index is 5.63. The molecule has 0 bridgehead atoms. The Labute approximate surface area is 140 Å². The van der Waals surface area contributed by atoms with Crippen molar-refractivity contribution in [2.45, 2.75) is 6.04 Å². The third-order valence-corrected chi connectivity index (χ3v) is 4.61. The molecule has 4 heteroatoms. The number of methoxy groups -OCH3 is 1. The van der Waals surface area contributed by atoms with Gasteiger partial charge < -0.3 is 10.1 Å². The van der Waals surface area contributed by atoms with Gasteiger partial charge in [0.15, 0.2) is 0 Å². The van der Waals surface area contributed by atoms with Crippen LogP contribution in [0.25, 0.3) is 0 Å². The molecule has 0 aliphatic carbocycles. The van der Waals surface area contributed by atoms with Gasteiger partial charge in [-0.3, -0.25) is 4.90 Å². The minimum atomic E-state index is 0.218. The third kappa shape index (κ3) is 3.35. The molecule has 2 aromatic rings. The molecule has 116 valence electrons. The molecule has 1 aliphatic rings. The van der Waals surface area contributed by atoms with E-state index >= 15 is 0 Å². The summed E-state index contributed by atoms with van der Waals surface area (Å²) in [6, 6.07) is 17.1. The fourth-order valence-corrected chi connectivity index (χ4v) is 3.46. The Hall–Kier alpha value is -1.36. The molecule has 1 heterocycles. The smallest absolute Gasteiger partial charge is 0.124 e. The summed E-state index contributed by atoms with van der Waals surface area (Å²) in [6.45, 7) is 4.13. The van der Waals surface area contributed by atoms with Crippen LogP contribution in [0.15, 0.2) is 53.0 Å². The zero-order valence-corrected chi connectivity index (χ0v) is 14.3. The lowest BCUT2D eigenvalue weighted by Gasteiger charge is -2.36. The van der Waals surface area contributed by atoms with Gasteiger partial charge in [0.25, 0.3) is 0 Å². The maximum Gasteiger partial charge on any atom is 0.124 e. The molecule has 0 radical (unpaired) electrons. The zero-order valence-electron chi connectivity index (χ0n) is 12.8. The summed E-state index contributed by atoms with van der Waals surface area (Å²) in [7, 11) is 1.74. The minimum Gasteiger partial charge on any atom is -0.496 e. The summed E-state index contributed by atoms with van der Waals surface area (Å²) < 4.78 is 6.71. The van der Waals surface area contributed by atoms with E-state index in [1.54, 1.807) is 7.11 Å². The van der Waals surface area contributed by atoms with Gasteiger partial charge in [0.2, 0.25) is 0 Å². The van der Waals surface area contributed by atoms with Crippen LogP contribution in [0.5, 0.6) is 5.75 Å². The van der Waals surface area contributed by atoms with Gasteiger partial charge in [0.1, 0.15) is 5.75 Å². The number of hydrogen-bond donors (Lipinski definition) is 1. The highest BCUT2D eigenvalue weighted by atomic mass is 79.9. The van der Waals surface area contributed by atoms with Crippen molar-refractivity contribution in [1.82, 2.24) is 10.2 Å². The van der Waals surface area contributed by atoms with Gasteiger partial charge in [-0.05, 0) is 23.8 Å². The second-order valence-electron chi connectivity index (χ2n) is 5.49. The first-order valence-electron chi connectivity index (χ1n) is 7.63. The van der Waals surface area contributed by atoms with Crippen molar-refractivity contribution < 1.29 is 4.74 Å². The van der Waals surface area contributed by atoms with Gasteiger partial charge in [0, 0.05) is 36.2 Å². The van der Waals surface area contributed by atoms with Crippen LogP contribution in [-0.2, 0) is 0 Å². The summed E-state index contributed by atoms with van der Waals surface area (Å²) in [5, 5.41) is 3.43. The normalized spacial score (nSPS) is 17.2. The number of nitrogens with zero attached hydrogens (tertiary/aromatic N) is 1. The molecule has 0 aromatic heterocycles. The van der Waals surface area contributed by atoms with Crippen molar-refractivity contribution >= 4 is 15.9 Å². The first-order chi connectivity index (χ1) is 10.8. The van der Waals surface area contributed by atoms with Crippen LogP contribution in [0, 0.1) is 0 Å². The number of nitrogens with one attached hydrogen (secondary N) is 1. The van der Waals surface area contributed by atoms with E-state index in [4.69, 9.17) is 4.74 Å². The number of rotatable bonds is 4. The Morgan fingerprint density at radius 1 is 1.09 bits per heavy atom. The lowest BCUT2D eigenvalue weighted by molar-refractivity contribution is 0.195. The topological polar surface area (TPSA) is 24.5 Å². The van der Waals surface area contributed by atoms with Gasteiger partial charge in [-0.1, -0.05) is 46.3 Å². The largest absolute Gasteiger partial charge is 0.496 e. The molecule has 2 aromatic carbocycles. The van der Waals surface area contributed by atoms with Crippen LogP contribution in [0.4, 0.5) is 0 Å². The van der Waals surface area contributed by atoms with Crippen molar-refractivity contribution in [3.8, 4) is 5.75 Å². The monoisotopic (exact) mass is 360 g/mol. The number of piperazine rings is 1. The molecule has 0 saturated carbocycles. The summed E-state index contributed by atoms with van der Waals surface area (Å²) in [5.74, 6) is 0.940. The van der Waals surface area contributed by atoms with E-state index in [0.29, 0.717) is 0 Å². The number of hydrogen-bond acceptors (Lipinski definition) is 3. The lowest BCUT2D eigenvalue weighted by Crippen LogP contribution is -2.45. The third-order valence-electron chi connectivity index (χ3n) is 4.12. The molecule has 0 amide bonds. The maximum absolute atomic E-state index is 5.63. The Kier molecular flexibility index (Phi) is 5.13. The van der Waals surface area contributed by atoms with Crippen LogP contribution >= 0.6 is 15.9 Å². The highest BCUT2D eigenvalue weighted by Gasteiger charge is 2.26. The SMILES string of the molecule is COc1ccc(Br)cc1C(c1ccccc1)N1CCNCC1. The Morgan fingerprint density at radius 3 is 2.50 bits per heavy atom. The molecule has 3 rings (SSSR count). The highest BCUT2D eigenvalue weighted by molar-refractivity contribution is 9.10. The van der Waals surface area contributed by atoms with Crippen molar-refractivity contribution in [3.63, 3.8) is 0 Å². The molecule has 1 atom stereocenters. The summed E-state index contributed by atoms with van der Waals surface area (Å²) in [5.41, 5.74) is 2.52. The van der Waals surface area contributed by atoms with E-state index in [9.17, 15) is 0 Å². The van der Waals surface area contributed by atoms with Gasteiger partial charge in [-0.25, -0.2) is 0 Å². The molecule has 1 aliphatic heterocycles. The molecule has 22 heavy (non-hydrogen) atoms. The molecule has 0 spiro atoms. The zero-order chi connectivity index (χ0) is 15.4. The van der Waals surface area contributed by atoms with Crippen molar-refractivity contribution in [2.24, 2.45) is 0 Å². The lowest BCUT2D eigenvalue weighted by atomic mass is 9.95. The Morgan fingerprint density at radius 2 is 1.82 bits per heavy atom. The van der Waals surface area contributed by atoms with Crippen LogP contribution in [0.1, 0.15) is 17.2 Å². The van der Waals surface area contributed by atoms with Crippen molar-refractivity contribution in [2.75, 3.05) is 33.3 Å². The predicted molar refractivity (Wildman–Crippen MR) is 93.4 cm³/mol. The fraction of sp³-hybridized carbons (Fsp3) is 0.333. The second-order valence-corrected chi connectivity index (χ2v) is 6.40. The first-order valence-corrected chi connectivity index (χ1v) is 8.42. The van der Waals surface area contributed by atoms with Crippen molar-refractivity contribution in [3.05, 3.63) is 64.1 Å². The second kappa shape index (κ2) is 7.27. The summed E-state index contributed by atoms with van der Waals surface area (Å²) in [6.07, 6.45) is 0. The summed E-state index contributed by atoms with van der Waals surface area (Å²) in [4.78, 5) is 2.52. The van der Waals surface area contributed by atoms with E-state index < -0.39 is 0 Å². The number of benzene rings is 2. The predicted octanol–water partition coefficient (Wildman–Crippen LogP) is 3.45. The van der Waals surface area contributed by atoms with Gasteiger partial charge in [0.05, 0.1) is 13.2 Å². The van der Waals surface area contributed by atoms with Crippen LogP contribution in [0.2, 0.25) is 0 Å². The Balaban J connectivity index is 2.07. The standard InChI is InChI=1S/C18H21BrN2O/c1-22-17-8-7-15(19)13-16(17)18(14-5-3-2-4-6-14)21-11-9-20-10-12-21/h2-8,13,18,20H,9-12H2,1H3. The average molecular weight is 361 g/mol. The van der Waals surface area contributed by atoms with E-state index in [1.165, 1.54) is 11.1 Å². The van der Waals surface area contributed by atoms with Gasteiger partial charge in [-0.15, -0.1) is 0 Å². The highest BCUT2D eigenvalue weighted by Crippen LogP contribution is 2.36. The Bertz CT molecular complexity index is 612.